The average molecular weight is 404 g/mol. The summed E-state index contributed by atoms with van der Waals surface area (Å²) < 4.78 is 10.8. The van der Waals surface area contributed by atoms with Gasteiger partial charge in [-0.05, 0) is 63.8 Å². The molecular formula is C20H25N3O4S. The van der Waals surface area contributed by atoms with Gasteiger partial charge in [0.2, 0.25) is 0 Å². The lowest BCUT2D eigenvalue weighted by Crippen LogP contribution is -2.39. The predicted molar refractivity (Wildman–Crippen MR) is 109 cm³/mol. The molecule has 1 fully saturated rings. The Morgan fingerprint density at radius 3 is 2.57 bits per heavy atom. The minimum atomic E-state index is -1.09. The number of carbonyl (C=O) groups excluding carboxylic acids is 2. The van der Waals surface area contributed by atoms with E-state index in [0.29, 0.717) is 30.0 Å². The molecule has 1 N–H and O–H groups in total. The first-order chi connectivity index (χ1) is 13.4. The maximum Gasteiger partial charge on any atom is 0.349 e. The van der Waals surface area contributed by atoms with Gasteiger partial charge in [0.05, 0.1) is 6.61 Å². The second-order valence-electron chi connectivity index (χ2n) is 7.15. The van der Waals surface area contributed by atoms with E-state index in [0.717, 1.165) is 18.5 Å². The van der Waals surface area contributed by atoms with Crippen molar-refractivity contribution in [3.8, 4) is 5.75 Å². The van der Waals surface area contributed by atoms with E-state index in [1.807, 2.05) is 17.5 Å². The minimum Gasteiger partial charge on any atom is -0.476 e. The number of hydrogen-bond acceptors (Lipinski definition) is 6. The summed E-state index contributed by atoms with van der Waals surface area (Å²) in [5.41, 5.74) is -0.324. The molecule has 0 bridgehead atoms. The minimum absolute atomic E-state index is 0.206. The molecule has 2 amide bonds. The van der Waals surface area contributed by atoms with Gasteiger partial charge >= 0.3 is 12.0 Å². The van der Waals surface area contributed by atoms with Crippen LogP contribution in [0.2, 0.25) is 0 Å². The Hall–Kier alpha value is -2.61. The van der Waals surface area contributed by atoms with Gasteiger partial charge in [-0.3, -0.25) is 10.2 Å². The summed E-state index contributed by atoms with van der Waals surface area (Å²) in [6.45, 7) is 6.05. The Morgan fingerprint density at radius 2 is 2.00 bits per heavy atom. The monoisotopic (exact) mass is 403 g/mol. The molecular weight excluding hydrogens is 378 g/mol. The molecule has 0 unspecified atom stereocenters. The van der Waals surface area contributed by atoms with Crippen molar-refractivity contribution < 1.29 is 19.1 Å². The van der Waals surface area contributed by atoms with Gasteiger partial charge in [0.1, 0.15) is 5.75 Å². The number of nitrogens with zero attached hydrogens (tertiary/aromatic N) is 2. The van der Waals surface area contributed by atoms with Crippen LogP contribution in [0.15, 0.2) is 35.8 Å². The van der Waals surface area contributed by atoms with Gasteiger partial charge in [-0.1, -0.05) is 0 Å². The van der Waals surface area contributed by atoms with Crippen LogP contribution in [0.4, 0.5) is 15.6 Å². The third kappa shape index (κ3) is 5.22. The van der Waals surface area contributed by atoms with Gasteiger partial charge in [-0.25, -0.2) is 14.6 Å². The molecule has 8 heteroatoms. The van der Waals surface area contributed by atoms with E-state index in [1.54, 1.807) is 44.0 Å². The van der Waals surface area contributed by atoms with E-state index < -0.39 is 11.6 Å². The number of urea groups is 1. The first kappa shape index (κ1) is 20.1. The van der Waals surface area contributed by atoms with Gasteiger partial charge in [0.15, 0.2) is 10.7 Å². The zero-order valence-corrected chi connectivity index (χ0v) is 17.1. The standard InChI is InChI=1S/C20H25N3O4S/c1-4-26-17(24)20(2,3)27-16-9-7-15(8-10-16)23(13-14-5-6-14)19(25)22-18-21-11-12-28-18/h7-12,14H,4-6,13H2,1-3H3,(H,21,22,25). The maximum atomic E-state index is 12.7. The molecule has 28 heavy (non-hydrogen) atoms. The van der Waals surface area contributed by atoms with Gasteiger partial charge in [-0.2, -0.15) is 0 Å². The lowest BCUT2D eigenvalue weighted by molar-refractivity contribution is -0.158. The fourth-order valence-corrected chi connectivity index (χ4v) is 3.16. The number of ether oxygens (including phenoxy) is 2. The molecule has 1 aliphatic rings. The Labute approximate surface area is 168 Å². The van der Waals surface area contributed by atoms with Gasteiger partial charge < -0.3 is 9.47 Å². The number of aromatic nitrogens is 1. The molecule has 1 aliphatic carbocycles. The van der Waals surface area contributed by atoms with Crippen molar-refractivity contribution in [2.45, 2.75) is 39.2 Å². The highest BCUT2D eigenvalue weighted by Crippen LogP contribution is 2.32. The first-order valence-corrected chi connectivity index (χ1v) is 10.2. The number of anilines is 2. The quantitative estimate of drug-likeness (QED) is 0.664. The van der Waals surface area contributed by atoms with Crippen LogP contribution < -0.4 is 15.0 Å². The molecule has 0 atom stereocenters. The molecule has 2 aromatic rings. The highest BCUT2D eigenvalue weighted by Gasteiger charge is 2.32. The van der Waals surface area contributed by atoms with E-state index in [1.165, 1.54) is 11.3 Å². The van der Waals surface area contributed by atoms with Crippen molar-refractivity contribution in [1.82, 2.24) is 4.98 Å². The number of amides is 2. The summed E-state index contributed by atoms with van der Waals surface area (Å²) in [6.07, 6.45) is 3.93. The number of thiazole rings is 1. The van der Waals surface area contributed by atoms with E-state index in [9.17, 15) is 9.59 Å². The molecule has 1 heterocycles. The fourth-order valence-electron chi connectivity index (χ4n) is 2.64. The van der Waals surface area contributed by atoms with Crippen molar-refractivity contribution in [3.05, 3.63) is 35.8 Å². The largest absolute Gasteiger partial charge is 0.476 e. The van der Waals surface area contributed by atoms with Gasteiger partial charge in [0.25, 0.3) is 0 Å². The molecule has 1 aromatic heterocycles. The highest BCUT2D eigenvalue weighted by molar-refractivity contribution is 7.13. The Kier molecular flexibility index (Phi) is 6.18. The molecule has 1 aromatic carbocycles. The van der Waals surface area contributed by atoms with E-state index in [-0.39, 0.29) is 6.03 Å². The fraction of sp³-hybridized carbons (Fsp3) is 0.450. The zero-order chi connectivity index (χ0) is 20.1. The number of hydrogen-bond donors (Lipinski definition) is 1. The van der Waals surface area contributed by atoms with Crippen molar-refractivity contribution in [2.75, 3.05) is 23.4 Å². The van der Waals surface area contributed by atoms with Gasteiger partial charge in [0, 0.05) is 23.8 Å². The van der Waals surface area contributed by atoms with Crippen molar-refractivity contribution in [2.24, 2.45) is 5.92 Å². The van der Waals surface area contributed by atoms with Crippen LogP contribution >= 0.6 is 11.3 Å². The summed E-state index contributed by atoms with van der Waals surface area (Å²) >= 11 is 1.38. The van der Waals surface area contributed by atoms with E-state index in [4.69, 9.17) is 9.47 Å². The Balaban J connectivity index is 1.71. The Bertz CT molecular complexity index is 801. The van der Waals surface area contributed by atoms with Crippen LogP contribution in [0.25, 0.3) is 0 Å². The second kappa shape index (κ2) is 8.60. The van der Waals surface area contributed by atoms with Crippen LogP contribution in [0, 0.1) is 5.92 Å². The van der Waals surface area contributed by atoms with E-state index in [2.05, 4.69) is 10.3 Å². The lowest BCUT2D eigenvalue weighted by atomic mass is 10.1. The molecule has 150 valence electrons. The van der Waals surface area contributed by atoms with Crippen LogP contribution in [-0.2, 0) is 9.53 Å². The SMILES string of the molecule is CCOC(=O)C(C)(C)Oc1ccc(N(CC2CC2)C(=O)Nc2nccs2)cc1. The van der Waals surface area contributed by atoms with Crippen molar-refractivity contribution in [3.63, 3.8) is 0 Å². The second-order valence-corrected chi connectivity index (χ2v) is 8.04. The topological polar surface area (TPSA) is 80.8 Å². The van der Waals surface area contributed by atoms with Crippen molar-refractivity contribution in [1.29, 1.82) is 0 Å². The lowest BCUT2D eigenvalue weighted by Gasteiger charge is -2.25. The predicted octanol–water partition coefficient (Wildman–Crippen LogP) is 4.31. The number of nitrogens with one attached hydrogen (secondary N) is 1. The summed E-state index contributed by atoms with van der Waals surface area (Å²) in [4.78, 5) is 30.6. The molecule has 0 aliphatic heterocycles. The maximum absolute atomic E-state index is 12.7. The molecule has 0 radical (unpaired) electrons. The van der Waals surface area contributed by atoms with Crippen LogP contribution in [0.5, 0.6) is 5.75 Å². The number of benzene rings is 1. The van der Waals surface area contributed by atoms with Crippen LogP contribution in [-0.4, -0.2) is 35.7 Å². The third-order valence-electron chi connectivity index (χ3n) is 4.32. The van der Waals surface area contributed by atoms with Crippen LogP contribution in [0.1, 0.15) is 33.6 Å². The summed E-state index contributed by atoms with van der Waals surface area (Å²) in [5.74, 6) is 0.645. The molecule has 1 saturated carbocycles. The zero-order valence-electron chi connectivity index (χ0n) is 16.3. The van der Waals surface area contributed by atoms with Gasteiger partial charge in [-0.15, -0.1) is 11.3 Å². The van der Waals surface area contributed by atoms with Crippen molar-refractivity contribution >= 4 is 34.2 Å². The summed E-state index contributed by atoms with van der Waals surface area (Å²) in [5, 5.41) is 5.23. The third-order valence-corrected chi connectivity index (χ3v) is 5.01. The van der Waals surface area contributed by atoms with E-state index >= 15 is 0 Å². The number of rotatable bonds is 8. The summed E-state index contributed by atoms with van der Waals surface area (Å²) in [6, 6.07) is 6.95. The summed E-state index contributed by atoms with van der Waals surface area (Å²) in [7, 11) is 0. The molecule has 7 nitrogen and oxygen atoms in total. The molecule has 0 spiro atoms. The highest BCUT2D eigenvalue weighted by atomic mass is 32.1. The number of carbonyl (C=O) groups is 2. The smallest absolute Gasteiger partial charge is 0.349 e. The number of esters is 1. The van der Waals surface area contributed by atoms with Crippen LogP contribution in [0.3, 0.4) is 0 Å². The molecule has 0 saturated heterocycles. The molecule has 3 rings (SSSR count). The first-order valence-electron chi connectivity index (χ1n) is 9.33. The Morgan fingerprint density at radius 1 is 1.29 bits per heavy atom. The average Bonchev–Trinajstić information content (AvgIpc) is 3.34. The normalized spacial score (nSPS) is 13.7.